The van der Waals surface area contributed by atoms with Crippen molar-refractivity contribution in [2.24, 2.45) is 5.73 Å². The first-order valence-electron chi connectivity index (χ1n) is 11.6. The number of primary amides is 1. The molecule has 3 rings (SSSR count). The average molecular weight is 582 g/mol. The number of rotatable bonds is 8. The van der Waals surface area contributed by atoms with Crippen LogP contribution in [0.5, 0.6) is 23.0 Å². The Hall–Kier alpha value is -4.30. The molecule has 2 amide bonds. The highest BCUT2D eigenvalue weighted by Crippen LogP contribution is 2.41. The molecule has 0 fully saturated rings. The Balaban J connectivity index is 2.12. The summed E-state index contributed by atoms with van der Waals surface area (Å²) in [5.41, 5.74) is 2.67. The van der Waals surface area contributed by atoms with Crippen LogP contribution in [-0.4, -0.2) is 47.0 Å². The maximum Gasteiger partial charge on any atom is 0.573 e. The predicted molar refractivity (Wildman–Crippen MR) is 141 cm³/mol. The normalized spacial score (nSPS) is 12.0. The van der Waals surface area contributed by atoms with Crippen LogP contribution >= 0.6 is 0 Å². The number of alkyl halides is 6. The first kappa shape index (κ1) is 31.2. The molecule has 0 heterocycles. The molecular weight excluding hydrogens is 562 g/mol. The minimum Gasteiger partial charge on any atom is -0.510 e. The molecule has 0 aliphatic carbocycles. The van der Waals surface area contributed by atoms with E-state index in [0.29, 0.717) is 17.7 Å². The van der Waals surface area contributed by atoms with Gasteiger partial charge in [0.15, 0.2) is 17.3 Å². The zero-order chi connectivity index (χ0) is 30.9. The van der Waals surface area contributed by atoms with Crippen LogP contribution in [0.3, 0.4) is 0 Å². The van der Waals surface area contributed by atoms with Crippen molar-refractivity contribution in [3.63, 3.8) is 0 Å². The lowest BCUT2D eigenvalue weighted by Crippen LogP contribution is -2.37. The summed E-state index contributed by atoms with van der Waals surface area (Å²) >= 11 is 0. The van der Waals surface area contributed by atoms with Crippen LogP contribution in [0, 0.1) is 12.7 Å². The van der Waals surface area contributed by atoms with Gasteiger partial charge in [0.2, 0.25) is 5.91 Å². The number of carbonyl (C=O) groups excluding carboxylic acids is 2. The first-order valence-corrected chi connectivity index (χ1v) is 11.6. The standard InChI is InChI=1S/C24H20B3F7N2O5/c1-10-2-3-11(8-13(10)20(35)37)36-21(38)18-16(7-5-14(19(18)28)22(29,30)31)39-15-6-4-12(40-24(32,33)34)9-17(15)41-23(25,26)27/h2-9H,25-27H2,1H3,(H2,35,37)(H,36,38). The Kier molecular flexibility index (Phi) is 8.60. The molecule has 0 aliphatic rings. The van der Waals surface area contributed by atoms with Gasteiger partial charge < -0.3 is 25.3 Å². The van der Waals surface area contributed by atoms with Gasteiger partial charge in [-0.05, 0) is 48.9 Å². The second-order valence-electron chi connectivity index (χ2n) is 9.62. The molecule has 214 valence electrons. The van der Waals surface area contributed by atoms with Crippen LogP contribution in [0.1, 0.15) is 31.8 Å². The van der Waals surface area contributed by atoms with Gasteiger partial charge in [-0.1, -0.05) is 6.07 Å². The van der Waals surface area contributed by atoms with Crippen LogP contribution in [-0.2, 0) is 6.18 Å². The van der Waals surface area contributed by atoms with Crippen molar-refractivity contribution in [2.45, 2.75) is 24.8 Å². The number of aryl methyl sites for hydroxylation is 1. The van der Waals surface area contributed by atoms with Crippen LogP contribution in [0.2, 0.25) is 0 Å². The highest BCUT2D eigenvalue weighted by Gasteiger charge is 2.38. The monoisotopic (exact) mass is 582 g/mol. The van der Waals surface area contributed by atoms with E-state index in [2.05, 4.69) is 10.1 Å². The molecule has 41 heavy (non-hydrogen) atoms. The number of anilines is 1. The smallest absolute Gasteiger partial charge is 0.510 e. The molecule has 0 saturated carbocycles. The molecule has 3 aromatic rings. The number of carbonyl (C=O) groups is 2. The van der Waals surface area contributed by atoms with Crippen molar-refractivity contribution in [1.82, 2.24) is 0 Å². The molecule has 17 heteroatoms. The third-order valence-corrected chi connectivity index (χ3v) is 5.18. The van der Waals surface area contributed by atoms with Gasteiger partial charge in [-0.3, -0.25) is 9.59 Å². The fraction of sp³-hybridized carbons (Fsp3) is 0.167. The number of nitrogens with two attached hydrogens (primary N) is 1. The zero-order valence-electron chi connectivity index (χ0n) is 21.9. The number of hydrogen-bond acceptors (Lipinski definition) is 5. The minimum atomic E-state index is -5.20. The number of ether oxygens (including phenoxy) is 3. The highest BCUT2D eigenvalue weighted by atomic mass is 19.4. The summed E-state index contributed by atoms with van der Waals surface area (Å²) in [7, 11) is 4.64. The second-order valence-corrected chi connectivity index (χ2v) is 9.62. The Morgan fingerprint density at radius 3 is 2.05 bits per heavy atom. The summed E-state index contributed by atoms with van der Waals surface area (Å²) < 4.78 is 109. The lowest BCUT2D eigenvalue weighted by Gasteiger charge is -2.25. The van der Waals surface area contributed by atoms with Crippen molar-refractivity contribution >= 4 is 41.0 Å². The van der Waals surface area contributed by atoms with E-state index in [9.17, 15) is 35.9 Å². The van der Waals surface area contributed by atoms with Crippen molar-refractivity contribution in [1.29, 1.82) is 0 Å². The molecule has 3 aromatic carbocycles. The molecule has 0 aliphatic heterocycles. The van der Waals surface area contributed by atoms with Crippen molar-refractivity contribution < 1.29 is 54.5 Å². The summed E-state index contributed by atoms with van der Waals surface area (Å²) in [5.74, 6) is -6.37. The van der Waals surface area contributed by atoms with Gasteiger partial charge in [0.1, 0.15) is 40.6 Å². The molecule has 3 N–H and O–H groups in total. The van der Waals surface area contributed by atoms with E-state index in [0.717, 1.165) is 24.3 Å². The van der Waals surface area contributed by atoms with E-state index < -0.39 is 58.1 Å². The number of hydrogen-bond donors (Lipinski definition) is 2. The van der Waals surface area contributed by atoms with Gasteiger partial charge in [0, 0.05) is 22.6 Å². The van der Waals surface area contributed by atoms with Gasteiger partial charge in [0.05, 0.1) is 5.56 Å². The van der Waals surface area contributed by atoms with E-state index in [4.69, 9.17) is 15.2 Å². The molecule has 7 nitrogen and oxygen atoms in total. The highest BCUT2D eigenvalue weighted by molar-refractivity contribution is 6.58. The van der Waals surface area contributed by atoms with E-state index in [1.54, 1.807) is 30.5 Å². The maximum absolute atomic E-state index is 15.3. The third kappa shape index (κ3) is 8.11. The summed E-state index contributed by atoms with van der Waals surface area (Å²) in [6.07, 6.45) is -10.2. The minimum absolute atomic E-state index is 0.00563. The van der Waals surface area contributed by atoms with Crippen LogP contribution in [0.4, 0.5) is 36.4 Å². The van der Waals surface area contributed by atoms with E-state index in [-0.39, 0.29) is 22.7 Å². The lowest BCUT2D eigenvalue weighted by atomic mass is 9.52. The number of nitrogens with one attached hydrogen (secondary N) is 1. The Bertz CT molecular complexity index is 1490. The molecule has 0 unspecified atom stereocenters. The number of amides is 2. The number of halogens is 7. The Morgan fingerprint density at radius 1 is 0.854 bits per heavy atom. The molecule has 0 radical (unpaired) electrons. The van der Waals surface area contributed by atoms with E-state index >= 15 is 4.39 Å². The van der Waals surface area contributed by atoms with Crippen LogP contribution in [0.25, 0.3) is 0 Å². The molecule has 0 aromatic heterocycles. The van der Waals surface area contributed by atoms with Gasteiger partial charge in [-0.15, -0.1) is 13.2 Å². The third-order valence-electron chi connectivity index (χ3n) is 5.18. The van der Waals surface area contributed by atoms with Crippen molar-refractivity contribution in [3.8, 4) is 23.0 Å². The fourth-order valence-corrected chi connectivity index (χ4v) is 3.53. The molecule has 0 atom stereocenters. The van der Waals surface area contributed by atoms with E-state index in [1.165, 1.54) is 12.1 Å². The van der Waals surface area contributed by atoms with Crippen LogP contribution in [0.15, 0.2) is 48.5 Å². The van der Waals surface area contributed by atoms with Gasteiger partial charge >= 0.3 is 12.5 Å². The van der Waals surface area contributed by atoms with Gasteiger partial charge in [0.25, 0.3) is 5.91 Å². The van der Waals surface area contributed by atoms with Crippen molar-refractivity contribution in [3.05, 3.63) is 76.6 Å². The quantitative estimate of drug-likeness (QED) is 0.315. The Morgan fingerprint density at radius 2 is 1.49 bits per heavy atom. The molecular formula is C24H20B3F7N2O5. The van der Waals surface area contributed by atoms with E-state index in [1.807, 2.05) is 0 Å². The summed E-state index contributed by atoms with van der Waals surface area (Å²) in [6, 6.07) is 7.45. The van der Waals surface area contributed by atoms with Gasteiger partial charge in [-0.2, -0.15) is 13.2 Å². The van der Waals surface area contributed by atoms with Gasteiger partial charge in [-0.25, -0.2) is 4.39 Å². The molecule has 0 spiro atoms. The summed E-state index contributed by atoms with van der Waals surface area (Å²) in [4.78, 5) is 24.8. The average Bonchev–Trinajstić information content (AvgIpc) is 2.79. The predicted octanol–water partition coefficient (Wildman–Crippen LogP) is 3.08. The molecule has 0 saturated heterocycles. The number of benzene rings is 3. The topological polar surface area (TPSA) is 99.9 Å². The van der Waals surface area contributed by atoms with Crippen molar-refractivity contribution in [2.75, 3.05) is 5.32 Å². The molecule has 0 bridgehead atoms. The first-order chi connectivity index (χ1) is 18.7. The zero-order valence-corrected chi connectivity index (χ0v) is 21.9. The Labute approximate surface area is 231 Å². The fourth-order valence-electron chi connectivity index (χ4n) is 3.53. The summed E-state index contributed by atoms with van der Waals surface area (Å²) in [6.45, 7) is 1.55. The second kappa shape index (κ2) is 11.3. The lowest BCUT2D eigenvalue weighted by molar-refractivity contribution is -0.274. The SMILES string of the molecule is BC(B)(B)Oc1cc(OC(F)(F)F)ccc1Oc1ccc(C(F)(F)F)c(F)c1C(=O)Nc1ccc(C)c(C(N)=O)c1. The maximum atomic E-state index is 15.3. The van der Waals surface area contributed by atoms with Crippen LogP contribution < -0.4 is 25.3 Å². The largest absolute Gasteiger partial charge is 0.573 e. The summed E-state index contributed by atoms with van der Waals surface area (Å²) in [5, 5.41) is 1.19.